The van der Waals surface area contributed by atoms with Gasteiger partial charge in [-0.3, -0.25) is 14.9 Å². The Morgan fingerprint density at radius 2 is 1.76 bits per heavy atom. The molecule has 2 N–H and O–H groups in total. The van der Waals surface area contributed by atoms with Crippen LogP contribution in [0.4, 0.5) is 30.6 Å². The lowest BCUT2D eigenvalue weighted by Crippen LogP contribution is -2.47. The first-order valence-electron chi connectivity index (χ1n) is 12.0. The van der Waals surface area contributed by atoms with Crippen LogP contribution in [0, 0.1) is 0 Å². The third-order valence-electron chi connectivity index (χ3n) is 6.64. The molecular formula is C24H23F3N8O2. The van der Waals surface area contributed by atoms with Crippen LogP contribution in [0.25, 0.3) is 11.7 Å². The summed E-state index contributed by atoms with van der Waals surface area (Å²) in [5.74, 6) is 1.26. The molecule has 3 aliphatic rings. The van der Waals surface area contributed by atoms with Crippen LogP contribution >= 0.6 is 0 Å². The maximum atomic E-state index is 12.9. The number of fused-ring (bicyclic) bond motifs is 1. The summed E-state index contributed by atoms with van der Waals surface area (Å²) in [6, 6.07) is 4.75. The number of alkyl halides is 3. The highest BCUT2D eigenvalue weighted by Gasteiger charge is 2.31. The van der Waals surface area contributed by atoms with Crippen molar-refractivity contribution >= 4 is 41.0 Å². The summed E-state index contributed by atoms with van der Waals surface area (Å²) in [5.41, 5.74) is 0.788. The number of nitrogens with one attached hydrogen (secondary N) is 2. The van der Waals surface area contributed by atoms with Gasteiger partial charge in [0.1, 0.15) is 17.5 Å². The number of piperazine rings is 1. The van der Waals surface area contributed by atoms with Gasteiger partial charge in [0.05, 0.1) is 18.2 Å². The predicted molar refractivity (Wildman–Crippen MR) is 129 cm³/mol. The summed E-state index contributed by atoms with van der Waals surface area (Å²) in [7, 11) is 0. The first kappa shape index (κ1) is 23.3. The minimum atomic E-state index is -4.42. The average Bonchev–Trinajstić information content (AvgIpc) is 3.51. The van der Waals surface area contributed by atoms with Crippen molar-refractivity contribution in [3.05, 3.63) is 47.3 Å². The van der Waals surface area contributed by atoms with Crippen molar-refractivity contribution < 1.29 is 22.8 Å². The Balaban J connectivity index is 1.25. The van der Waals surface area contributed by atoms with Gasteiger partial charge in [0.2, 0.25) is 5.91 Å². The molecule has 0 unspecified atom stereocenters. The van der Waals surface area contributed by atoms with Gasteiger partial charge in [-0.2, -0.15) is 22.8 Å². The Labute approximate surface area is 209 Å². The van der Waals surface area contributed by atoms with E-state index in [2.05, 4.69) is 25.6 Å². The largest absolute Gasteiger partial charge is 0.417 e. The molecule has 0 aromatic carbocycles. The molecule has 192 valence electrons. The van der Waals surface area contributed by atoms with Gasteiger partial charge >= 0.3 is 6.18 Å². The molecule has 3 aromatic rings. The average molecular weight is 512 g/mol. The van der Waals surface area contributed by atoms with E-state index in [1.54, 1.807) is 16.8 Å². The van der Waals surface area contributed by atoms with E-state index in [0.29, 0.717) is 54.8 Å². The van der Waals surface area contributed by atoms with Crippen molar-refractivity contribution in [2.75, 3.05) is 41.3 Å². The lowest BCUT2D eigenvalue weighted by atomic mass is 10.1. The van der Waals surface area contributed by atoms with Crippen molar-refractivity contribution in [2.24, 2.45) is 0 Å². The van der Waals surface area contributed by atoms with Gasteiger partial charge in [0.25, 0.3) is 5.91 Å². The molecular weight excluding hydrogens is 489 g/mol. The zero-order chi connectivity index (χ0) is 25.7. The van der Waals surface area contributed by atoms with Gasteiger partial charge in [-0.1, -0.05) is 0 Å². The number of amides is 2. The molecule has 5 heterocycles. The summed E-state index contributed by atoms with van der Waals surface area (Å²) in [6.45, 7) is 2.32. The van der Waals surface area contributed by atoms with Crippen LogP contribution in [0.2, 0.25) is 0 Å². The molecule has 6 rings (SSSR count). The number of imide groups is 1. The fourth-order valence-electron chi connectivity index (χ4n) is 4.48. The van der Waals surface area contributed by atoms with Gasteiger partial charge in [-0.25, -0.2) is 9.97 Å². The van der Waals surface area contributed by atoms with Gasteiger partial charge in [-0.15, -0.1) is 0 Å². The van der Waals surface area contributed by atoms with Crippen molar-refractivity contribution in [1.82, 2.24) is 24.9 Å². The van der Waals surface area contributed by atoms with E-state index in [4.69, 9.17) is 4.98 Å². The van der Waals surface area contributed by atoms with E-state index in [0.717, 1.165) is 36.7 Å². The standard InChI is InChI=1S/C24H23F3N8O2/c25-24(26,27)16-1-4-18(28-13-16)33-5-7-34(8-6-33)19-11-20(30-17-2-3-17)35-22(31-19)15(12-29-35)9-14-10-21(36)32-23(14)37/h1,4,9,11-13,17,30H,2-3,5-8,10H2,(H,32,36,37)/b14-9+. The van der Waals surface area contributed by atoms with Crippen LogP contribution in [0.5, 0.6) is 0 Å². The molecule has 0 atom stereocenters. The third kappa shape index (κ3) is 4.68. The van der Waals surface area contributed by atoms with E-state index in [1.807, 2.05) is 11.0 Å². The second-order valence-corrected chi connectivity index (χ2v) is 9.35. The quantitative estimate of drug-likeness (QED) is 0.397. The third-order valence-corrected chi connectivity index (χ3v) is 6.64. The van der Waals surface area contributed by atoms with Crippen LogP contribution in [-0.2, 0) is 15.8 Å². The molecule has 3 aromatic heterocycles. The molecule has 13 heteroatoms. The van der Waals surface area contributed by atoms with E-state index in [9.17, 15) is 22.8 Å². The fraction of sp³-hybridized carbons (Fsp3) is 0.375. The summed E-state index contributed by atoms with van der Waals surface area (Å²) < 4.78 is 40.3. The lowest BCUT2D eigenvalue weighted by Gasteiger charge is -2.36. The molecule has 37 heavy (non-hydrogen) atoms. The number of halogens is 3. The molecule has 0 bridgehead atoms. The Bertz CT molecular complexity index is 1400. The van der Waals surface area contributed by atoms with Crippen LogP contribution in [-0.4, -0.2) is 63.6 Å². The fourth-order valence-corrected chi connectivity index (χ4v) is 4.48. The maximum absolute atomic E-state index is 12.9. The number of rotatable bonds is 5. The SMILES string of the molecule is O=C1C/C(=C\c2cnn3c(NC4CC4)cc(N4CCN(c5ccc(C(F)(F)F)cn5)CC4)nc23)C(=O)N1. The van der Waals surface area contributed by atoms with Crippen LogP contribution in [0.3, 0.4) is 0 Å². The molecule has 1 saturated carbocycles. The molecule has 2 aliphatic heterocycles. The minimum Gasteiger partial charge on any atom is -0.367 e. The number of carbonyl (C=O) groups is 2. The maximum Gasteiger partial charge on any atom is 0.417 e. The number of hydrogen-bond donors (Lipinski definition) is 2. The minimum absolute atomic E-state index is 0.0169. The highest BCUT2D eigenvalue weighted by molar-refractivity contribution is 6.15. The summed E-state index contributed by atoms with van der Waals surface area (Å²) in [5, 5.41) is 10.2. The van der Waals surface area contributed by atoms with Gasteiger partial charge in [-0.05, 0) is 31.1 Å². The van der Waals surface area contributed by atoms with Crippen molar-refractivity contribution in [3.63, 3.8) is 0 Å². The van der Waals surface area contributed by atoms with Crippen molar-refractivity contribution in [3.8, 4) is 0 Å². The van der Waals surface area contributed by atoms with Crippen LogP contribution in [0.1, 0.15) is 30.4 Å². The lowest BCUT2D eigenvalue weighted by molar-refractivity contribution is -0.137. The Hall–Kier alpha value is -4.16. The normalized spacial score (nSPS) is 19.7. The summed E-state index contributed by atoms with van der Waals surface area (Å²) in [4.78, 5) is 36.6. The summed E-state index contributed by atoms with van der Waals surface area (Å²) >= 11 is 0. The van der Waals surface area contributed by atoms with Gasteiger partial charge in [0, 0.05) is 55.6 Å². The first-order valence-corrected chi connectivity index (χ1v) is 12.0. The Morgan fingerprint density at radius 1 is 1.03 bits per heavy atom. The van der Waals surface area contributed by atoms with Gasteiger partial charge in [0.15, 0.2) is 5.65 Å². The van der Waals surface area contributed by atoms with E-state index >= 15 is 0 Å². The number of hydrogen-bond acceptors (Lipinski definition) is 8. The second-order valence-electron chi connectivity index (χ2n) is 9.35. The number of aromatic nitrogens is 4. The van der Waals surface area contributed by atoms with Crippen molar-refractivity contribution in [1.29, 1.82) is 0 Å². The number of nitrogens with zero attached hydrogens (tertiary/aromatic N) is 6. The van der Waals surface area contributed by atoms with Crippen molar-refractivity contribution in [2.45, 2.75) is 31.5 Å². The number of anilines is 3. The topological polar surface area (TPSA) is 108 Å². The van der Waals surface area contributed by atoms with E-state index in [1.165, 1.54) is 6.07 Å². The zero-order valence-corrected chi connectivity index (χ0v) is 19.6. The molecule has 10 nitrogen and oxygen atoms in total. The Morgan fingerprint density at radius 3 is 2.35 bits per heavy atom. The van der Waals surface area contributed by atoms with E-state index < -0.39 is 17.6 Å². The van der Waals surface area contributed by atoms with Gasteiger partial charge < -0.3 is 15.1 Å². The first-order chi connectivity index (χ1) is 17.7. The van der Waals surface area contributed by atoms with Crippen LogP contribution in [0.15, 0.2) is 36.2 Å². The highest BCUT2D eigenvalue weighted by Crippen LogP contribution is 2.31. The zero-order valence-electron chi connectivity index (χ0n) is 19.6. The smallest absolute Gasteiger partial charge is 0.367 e. The monoisotopic (exact) mass is 512 g/mol. The second kappa shape index (κ2) is 8.75. The highest BCUT2D eigenvalue weighted by atomic mass is 19.4. The molecule has 2 saturated heterocycles. The molecule has 1 aliphatic carbocycles. The van der Waals surface area contributed by atoms with Crippen LogP contribution < -0.4 is 20.4 Å². The molecule has 3 fully saturated rings. The molecule has 0 spiro atoms. The molecule has 0 radical (unpaired) electrons. The summed E-state index contributed by atoms with van der Waals surface area (Å²) in [6.07, 6.45) is 1.87. The number of carbonyl (C=O) groups excluding carboxylic acids is 2. The number of pyridine rings is 1. The molecule has 2 amide bonds. The Kier molecular flexibility index (Phi) is 5.50. The van der Waals surface area contributed by atoms with E-state index in [-0.39, 0.29) is 12.3 Å². The predicted octanol–water partition coefficient (Wildman–Crippen LogP) is 2.47.